The van der Waals surface area contributed by atoms with Gasteiger partial charge in [0.05, 0.1) is 29.7 Å². The maximum absolute atomic E-state index is 6.09. The molecule has 0 fully saturated rings. The Bertz CT molecular complexity index is 813. The number of benzene rings is 2. The highest BCUT2D eigenvalue weighted by atomic mass is 79.9. The summed E-state index contributed by atoms with van der Waals surface area (Å²) in [5.41, 5.74) is 4.12. The van der Waals surface area contributed by atoms with Crippen molar-refractivity contribution in [3.63, 3.8) is 0 Å². The Morgan fingerprint density at radius 3 is 2.76 bits per heavy atom. The average Bonchev–Trinajstić information content (AvgIpc) is 2.85. The summed E-state index contributed by atoms with van der Waals surface area (Å²) in [6.07, 6.45) is 0. The van der Waals surface area contributed by atoms with Gasteiger partial charge in [-0.25, -0.2) is 4.98 Å². The van der Waals surface area contributed by atoms with Crippen LogP contribution in [0.3, 0.4) is 0 Å². The zero-order chi connectivity index (χ0) is 15.0. The molecule has 0 amide bonds. The van der Waals surface area contributed by atoms with Gasteiger partial charge in [-0.2, -0.15) is 0 Å². The summed E-state index contributed by atoms with van der Waals surface area (Å²) in [5, 5.41) is 0. The maximum atomic E-state index is 6.09. The van der Waals surface area contributed by atoms with Crippen molar-refractivity contribution in [2.24, 2.45) is 0 Å². The molecule has 2 aromatic carbocycles. The van der Waals surface area contributed by atoms with Crippen LogP contribution in [0.1, 0.15) is 11.4 Å². The standard InChI is InChI=1S/C16H14BrClN2O/c1-10-3-6-14-13(7-10)19-16(9-18)20(14)15-8-11(21-2)4-5-12(15)17/h3-8H,9H2,1-2H3. The molecule has 0 aliphatic carbocycles. The molecule has 5 heteroatoms. The monoisotopic (exact) mass is 364 g/mol. The first kappa shape index (κ1) is 14.4. The van der Waals surface area contributed by atoms with Gasteiger partial charge in [-0.05, 0) is 52.7 Å². The summed E-state index contributed by atoms with van der Waals surface area (Å²) >= 11 is 9.69. The molecule has 0 N–H and O–H groups in total. The van der Waals surface area contributed by atoms with Crippen molar-refractivity contribution in [2.75, 3.05) is 7.11 Å². The lowest BCUT2D eigenvalue weighted by Gasteiger charge is -2.12. The molecular weight excluding hydrogens is 352 g/mol. The molecule has 0 unspecified atom stereocenters. The lowest BCUT2D eigenvalue weighted by Crippen LogP contribution is -2.01. The quantitative estimate of drug-likeness (QED) is 0.621. The van der Waals surface area contributed by atoms with Crippen molar-refractivity contribution in [2.45, 2.75) is 12.8 Å². The molecule has 0 saturated heterocycles. The Morgan fingerprint density at radius 2 is 2.05 bits per heavy atom. The lowest BCUT2D eigenvalue weighted by molar-refractivity contribution is 0.414. The van der Waals surface area contributed by atoms with Crippen molar-refractivity contribution in [1.29, 1.82) is 0 Å². The van der Waals surface area contributed by atoms with Crippen LogP contribution in [0.2, 0.25) is 0 Å². The number of methoxy groups -OCH3 is 1. The number of fused-ring (bicyclic) bond motifs is 1. The zero-order valence-corrected chi connectivity index (χ0v) is 14.1. The fourth-order valence-corrected chi connectivity index (χ4v) is 2.99. The second-order valence-electron chi connectivity index (χ2n) is 4.81. The van der Waals surface area contributed by atoms with Crippen LogP contribution in [0.15, 0.2) is 40.9 Å². The van der Waals surface area contributed by atoms with Gasteiger partial charge in [0, 0.05) is 10.5 Å². The van der Waals surface area contributed by atoms with Crippen molar-refractivity contribution < 1.29 is 4.74 Å². The number of hydrogen-bond acceptors (Lipinski definition) is 2. The van der Waals surface area contributed by atoms with Gasteiger partial charge in [-0.3, -0.25) is 4.57 Å². The van der Waals surface area contributed by atoms with Crippen molar-refractivity contribution in [3.05, 3.63) is 52.3 Å². The minimum absolute atomic E-state index is 0.345. The first-order valence-electron chi connectivity index (χ1n) is 6.52. The molecule has 1 heterocycles. The van der Waals surface area contributed by atoms with E-state index in [1.165, 1.54) is 5.56 Å². The van der Waals surface area contributed by atoms with Crippen LogP contribution in [0.4, 0.5) is 0 Å². The van der Waals surface area contributed by atoms with E-state index in [-0.39, 0.29) is 0 Å². The molecule has 0 aliphatic heterocycles. The van der Waals surface area contributed by atoms with Gasteiger partial charge in [-0.15, -0.1) is 11.6 Å². The van der Waals surface area contributed by atoms with Gasteiger partial charge >= 0.3 is 0 Å². The minimum atomic E-state index is 0.345. The number of nitrogens with zero attached hydrogens (tertiary/aromatic N) is 2. The van der Waals surface area contributed by atoms with Crippen LogP contribution in [-0.2, 0) is 5.88 Å². The van der Waals surface area contributed by atoms with E-state index in [0.717, 1.165) is 32.8 Å². The normalized spacial score (nSPS) is 11.0. The van der Waals surface area contributed by atoms with E-state index in [2.05, 4.69) is 50.6 Å². The van der Waals surface area contributed by atoms with Gasteiger partial charge < -0.3 is 4.74 Å². The Labute approximate surface area is 136 Å². The zero-order valence-electron chi connectivity index (χ0n) is 11.7. The van der Waals surface area contributed by atoms with E-state index in [0.29, 0.717) is 5.88 Å². The molecular formula is C16H14BrClN2O. The molecule has 0 radical (unpaired) electrons. The smallest absolute Gasteiger partial charge is 0.129 e. The molecule has 0 bridgehead atoms. The topological polar surface area (TPSA) is 27.1 Å². The van der Waals surface area contributed by atoms with Gasteiger partial charge in [0.2, 0.25) is 0 Å². The molecule has 108 valence electrons. The average molecular weight is 366 g/mol. The summed E-state index contributed by atoms with van der Waals surface area (Å²) in [6, 6.07) is 12.1. The number of imidazole rings is 1. The number of hydrogen-bond donors (Lipinski definition) is 0. The summed E-state index contributed by atoms with van der Waals surface area (Å²) in [4.78, 5) is 4.63. The molecule has 0 aliphatic rings. The third-order valence-corrected chi connectivity index (χ3v) is 4.30. The Hall–Kier alpha value is -1.52. The molecule has 3 aromatic rings. The molecule has 3 rings (SSSR count). The van der Waals surface area contributed by atoms with Crippen LogP contribution in [0, 0.1) is 6.92 Å². The molecule has 21 heavy (non-hydrogen) atoms. The van der Waals surface area contributed by atoms with E-state index in [4.69, 9.17) is 16.3 Å². The second-order valence-corrected chi connectivity index (χ2v) is 5.93. The Balaban J connectivity index is 2.33. The van der Waals surface area contributed by atoms with E-state index in [1.807, 2.05) is 18.2 Å². The van der Waals surface area contributed by atoms with Gasteiger partial charge in [0.25, 0.3) is 0 Å². The number of halogens is 2. The Morgan fingerprint density at radius 1 is 1.24 bits per heavy atom. The van der Waals surface area contributed by atoms with Crippen LogP contribution in [0.25, 0.3) is 16.7 Å². The van der Waals surface area contributed by atoms with Crippen molar-refractivity contribution in [3.8, 4) is 11.4 Å². The number of ether oxygens (including phenoxy) is 1. The lowest BCUT2D eigenvalue weighted by atomic mass is 10.2. The van der Waals surface area contributed by atoms with Crippen molar-refractivity contribution in [1.82, 2.24) is 9.55 Å². The number of alkyl halides is 1. The fourth-order valence-electron chi connectivity index (χ4n) is 2.39. The largest absolute Gasteiger partial charge is 0.497 e. The fraction of sp³-hybridized carbons (Fsp3) is 0.188. The molecule has 3 nitrogen and oxygen atoms in total. The SMILES string of the molecule is COc1ccc(Br)c(-n2c(CCl)nc3cc(C)ccc32)c1. The molecule has 0 atom stereocenters. The summed E-state index contributed by atoms with van der Waals surface area (Å²) < 4.78 is 8.36. The van der Waals surface area contributed by atoms with E-state index >= 15 is 0 Å². The van der Waals surface area contributed by atoms with Gasteiger partial charge in [-0.1, -0.05) is 6.07 Å². The molecule has 0 spiro atoms. The number of rotatable bonds is 3. The van der Waals surface area contributed by atoms with E-state index < -0.39 is 0 Å². The predicted molar refractivity (Wildman–Crippen MR) is 89.6 cm³/mol. The summed E-state index contributed by atoms with van der Waals surface area (Å²) in [5.74, 6) is 1.95. The van der Waals surface area contributed by atoms with E-state index in [1.54, 1.807) is 7.11 Å². The predicted octanol–water partition coefficient (Wildman–Crippen LogP) is 4.84. The molecule has 1 aromatic heterocycles. The third-order valence-electron chi connectivity index (χ3n) is 3.39. The van der Waals surface area contributed by atoms with Gasteiger partial charge in [0.1, 0.15) is 11.6 Å². The summed E-state index contributed by atoms with van der Waals surface area (Å²) in [7, 11) is 1.66. The first-order valence-corrected chi connectivity index (χ1v) is 7.84. The highest BCUT2D eigenvalue weighted by molar-refractivity contribution is 9.10. The van der Waals surface area contributed by atoms with Crippen molar-refractivity contribution >= 4 is 38.6 Å². The molecule has 0 saturated carbocycles. The van der Waals surface area contributed by atoms with Gasteiger partial charge in [0.15, 0.2) is 0 Å². The second kappa shape index (κ2) is 5.70. The van der Waals surface area contributed by atoms with Crippen LogP contribution >= 0.6 is 27.5 Å². The minimum Gasteiger partial charge on any atom is -0.497 e. The summed E-state index contributed by atoms with van der Waals surface area (Å²) in [6.45, 7) is 2.06. The maximum Gasteiger partial charge on any atom is 0.129 e. The van der Waals surface area contributed by atoms with Crippen LogP contribution < -0.4 is 4.74 Å². The van der Waals surface area contributed by atoms with Crippen LogP contribution in [-0.4, -0.2) is 16.7 Å². The van der Waals surface area contributed by atoms with E-state index in [9.17, 15) is 0 Å². The third kappa shape index (κ3) is 2.54. The highest BCUT2D eigenvalue weighted by Crippen LogP contribution is 2.31. The number of aromatic nitrogens is 2. The Kier molecular flexibility index (Phi) is 3.91. The van der Waals surface area contributed by atoms with Crippen LogP contribution in [0.5, 0.6) is 5.75 Å². The number of aryl methyl sites for hydroxylation is 1. The highest BCUT2D eigenvalue weighted by Gasteiger charge is 2.14. The first-order chi connectivity index (χ1) is 10.1.